The Labute approximate surface area is 188 Å². The number of carbonyl (C=O) groups is 1. The lowest BCUT2D eigenvalue weighted by atomic mass is 10.0. The largest absolute Gasteiger partial charge is 0.483 e. The first kappa shape index (κ1) is 21.5. The number of benzene rings is 1. The number of hydrogen-bond acceptors (Lipinski definition) is 7. The van der Waals surface area contributed by atoms with Crippen LogP contribution in [0.5, 0.6) is 5.75 Å². The van der Waals surface area contributed by atoms with Crippen molar-refractivity contribution in [3.05, 3.63) is 80.7 Å². The van der Waals surface area contributed by atoms with Gasteiger partial charge in [0, 0.05) is 23.5 Å². The van der Waals surface area contributed by atoms with Crippen molar-refractivity contribution < 1.29 is 13.9 Å². The average Bonchev–Trinajstić information content (AvgIpc) is 2.77. The molecule has 2 N–H and O–H groups in total. The highest BCUT2D eigenvalue weighted by Gasteiger charge is 2.22. The van der Waals surface area contributed by atoms with Gasteiger partial charge in [-0.3, -0.25) is 9.59 Å². The second kappa shape index (κ2) is 8.39. The molecule has 0 aliphatic carbocycles. The highest BCUT2D eigenvalue weighted by molar-refractivity contribution is 6.29. The Bertz CT molecular complexity index is 1400. The number of ether oxygens (including phenoxy) is 1. The van der Waals surface area contributed by atoms with Crippen LogP contribution in [-0.2, 0) is 0 Å². The lowest BCUT2D eigenvalue weighted by molar-refractivity contribution is 0.0988. The predicted octanol–water partition coefficient (Wildman–Crippen LogP) is 4.15. The van der Waals surface area contributed by atoms with Crippen LogP contribution in [0.15, 0.2) is 52.2 Å². The lowest BCUT2D eigenvalue weighted by Crippen LogP contribution is -2.17. The minimum atomic E-state index is -0.766. The van der Waals surface area contributed by atoms with Crippen molar-refractivity contribution in [2.45, 2.75) is 26.9 Å². The third-order valence-electron chi connectivity index (χ3n) is 5.01. The molecule has 0 spiro atoms. The van der Waals surface area contributed by atoms with Crippen LogP contribution in [0.2, 0.25) is 5.15 Å². The fraction of sp³-hybridized carbons (Fsp3) is 0.174. The first-order valence-corrected chi connectivity index (χ1v) is 10.1. The minimum absolute atomic E-state index is 0.0827. The zero-order chi connectivity index (χ0) is 23.0. The number of rotatable bonds is 5. The van der Waals surface area contributed by atoms with Crippen LogP contribution in [0, 0.1) is 13.8 Å². The van der Waals surface area contributed by atoms with Crippen LogP contribution in [0.4, 0.5) is 0 Å². The highest BCUT2D eigenvalue weighted by Crippen LogP contribution is 2.33. The summed E-state index contributed by atoms with van der Waals surface area (Å²) >= 11 is 5.89. The molecule has 3 heterocycles. The lowest BCUT2D eigenvalue weighted by Gasteiger charge is -2.19. The van der Waals surface area contributed by atoms with Crippen molar-refractivity contribution in [2.24, 2.45) is 5.73 Å². The maximum atomic E-state index is 13.2. The van der Waals surface area contributed by atoms with E-state index in [0.29, 0.717) is 33.4 Å². The van der Waals surface area contributed by atoms with Gasteiger partial charge in [0.2, 0.25) is 0 Å². The van der Waals surface area contributed by atoms with Crippen molar-refractivity contribution in [3.63, 3.8) is 0 Å². The van der Waals surface area contributed by atoms with Gasteiger partial charge >= 0.3 is 0 Å². The van der Waals surface area contributed by atoms with E-state index < -0.39 is 12.0 Å². The summed E-state index contributed by atoms with van der Waals surface area (Å²) in [5.74, 6) is -0.209. The van der Waals surface area contributed by atoms with E-state index in [1.807, 2.05) is 13.0 Å². The Balaban J connectivity index is 1.88. The molecular weight excluding hydrogens is 432 g/mol. The van der Waals surface area contributed by atoms with E-state index in [2.05, 4.69) is 15.0 Å². The Kier molecular flexibility index (Phi) is 5.63. The number of primary amides is 1. The van der Waals surface area contributed by atoms with E-state index in [1.165, 1.54) is 18.5 Å². The molecular formula is C23H19ClN4O4. The zero-order valence-corrected chi connectivity index (χ0v) is 18.3. The normalized spacial score (nSPS) is 12.0. The van der Waals surface area contributed by atoms with Crippen molar-refractivity contribution in [3.8, 4) is 17.1 Å². The minimum Gasteiger partial charge on any atom is -0.483 e. The van der Waals surface area contributed by atoms with Gasteiger partial charge in [-0.05, 0) is 50.6 Å². The number of carbonyl (C=O) groups excluding carboxylic acids is 1. The monoisotopic (exact) mass is 450 g/mol. The fourth-order valence-corrected chi connectivity index (χ4v) is 3.66. The summed E-state index contributed by atoms with van der Waals surface area (Å²) in [6.45, 7) is 5.36. The molecule has 1 aromatic carbocycles. The van der Waals surface area contributed by atoms with Crippen LogP contribution >= 0.6 is 11.6 Å². The quantitative estimate of drug-likeness (QED) is 0.453. The van der Waals surface area contributed by atoms with E-state index in [1.54, 1.807) is 32.3 Å². The Hall–Kier alpha value is -3.78. The molecule has 162 valence electrons. The molecule has 32 heavy (non-hydrogen) atoms. The molecule has 0 aliphatic rings. The number of halogens is 1. The van der Waals surface area contributed by atoms with Crippen LogP contribution < -0.4 is 15.9 Å². The molecule has 1 amide bonds. The van der Waals surface area contributed by atoms with E-state index >= 15 is 0 Å². The Morgan fingerprint density at radius 1 is 1.19 bits per heavy atom. The Morgan fingerprint density at radius 2 is 1.91 bits per heavy atom. The van der Waals surface area contributed by atoms with Gasteiger partial charge in [-0.15, -0.1) is 0 Å². The zero-order valence-electron chi connectivity index (χ0n) is 17.5. The number of aryl methyl sites for hydroxylation is 1. The number of hydrogen-bond donors (Lipinski definition) is 1. The number of nitrogens with zero attached hydrogens (tertiary/aromatic N) is 3. The molecule has 8 nitrogen and oxygen atoms in total. The molecule has 4 aromatic rings. The molecule has 1 atom stereocenters. The first-order chi connectivity index (χ1) is 15.3. The van der Waals surface area contributed by atoms with Gasteiger partial charge in [0.1, 0.15) is 28.9 Å². The second-order valence-electron chi connectivity index (χ2n) is 7.35. The summed E-state index contributed by atoms with van der Waals surface area (Å²) in [6, 6.07) is 6.66. The molecule has 0 aliphatic heterocycles. The number of pyridine rings is 1. The second-order valence-corrected chi connectivity index (χ2v) is 7.74. The van der Waals surface area contributed by atoms with E-state index in [0.717, 1.165) is 5.56 Å². The smallest absolute Gasteiger partial charge is 0.271 e. The molecule has 4 rings (SSSR count). The highest BCUT2D eigenvalue weighted by atomic mass is 35.5. The van der Waals surface area contributed by atoms with Crippen LogP contribution in [-0.4, -0.2) is 20.9 Å². The third-order valence-corrected chi connectivity index (χ3v) is 5.22. The molecule has 0 fully saturated rings. The van der Waals surface area contributed by atoms with Crippen molar-refractivity contribution >= 4 is 28.5 Å². The van der Waals surface area contributed by atoms with Crippen LogP contribution in [0.25, 0.3) is 22.3 Å². The van der Waals surface area contributed by atoms with Gasteiger partial charge in [-0.2, -0.15) is 0 Å². The van der Waals surface area contributed by atoms with Gasteiger partial charge in [0.05, 0.1) is 10.9 Å². The summed E-state index contributed by atoms with van der Waals surface area (Å²) in [6.07, 6.45) is 3.95. The summed E-state index contributed by atoms with van der Waals surface area (Å²) in [7, 11) is 0. The van der Waals surface area contributed by atoms with Crippen molar-refractivity contribution in [1.82, 2.24) is 15.0 Å². The van der Waals surface area contributed by atoms with Crippen LogP contribution in [0.3, 0.4) is 0 Å². The molecule has 0 unspecified atom stereocenters. The summed E-state index contributed by atoms with van der Waals surface area (Å²) in [5.41, 5.74) is 8.08. The number of fused-ring (bicyclic) bond motifs is 1. The summed E-state index contributed by atoms with van der Waals surface area (Å²) in [5, 5.41) is 0.550. The van der Waals surface area contributed by atoms with Crippen LogP contribution in [0.1, 0.15) is 40.2 Å². The number of aromatic nitrogens is 3. The molecule has 0 bridgehead atoms. The standard InChI is InChI=1S/C23H19ClN4O4/c1-11-6-15(13(3)31-17-4-5-18(24)28-19(17)23(25)30)22-16(7-11)20(29)12(2)21(32-22)14-8-26-10-27-9-14/h4-10,13H,1-3H3,(H2,25,30)/t13-/m1/s1. The number of amides is 1. The average molecular weight is 451 g/mol. The maximum absolute atomic E-state index is 13.2. The predicted molar refractivity (Wildman–Crippen MR) is 120 cm³/mol. The fourth-order valence-electron chi connectivity index (χ4n) is 3.51. The summed E-state index contributed by atoms with van der Waals surface area (Å²) < 4.78 is 12.2. The summed E-state index contributed by atoms with van der Waals surface area (Å²) in [4.78, 5) is 36.9. The molecule has 0 radical (unpaired) electrons. The molecule has 0 saturated heterocycles. The number of nitrogens with two attached hydrogens (primary N) is 1. The van der Waals surface area contributed by atoms with Gasteiger partial charge in [-0.25, -0.2) is 15.0 Å². The van der Waals surface area contributed by atoms with E-state index in [4.69, 9.17) is 26.5 Å². The third kappa shape index (κ3) is 3.92. The first-order valence-electron chi connectivity index (χ1n) is 9.72. The van der Waals surface area contributed by atoms with Gasteiger partial charge in [0.15, 0.2) is 16.9 Å². The Morgan fingerprint density at radius 3 is 2.59 bits per heavy atom. The maximum Gasteiger partial charge on any atom is 0.271 e. The SMILES string of the molecule is Cc1cc([C@@H](C)Oc2ccc(Cl)nc2C(N)=O)c2oc(-c3cncnc3)c(C)c(=O)c2c1. The van der Waals surface area contributed by atoms with Gasteiger partial charge in [-0.1, -0.05) is 11.6 Å². The van der Waals surface area contributed by atoms with Crippen molar-refractivity contribution in [1.29, 1.82) is 0 Å². The van der Waals surface area contributed by atoms with E-state index in [-0.39, 0.29) is 22.0 Å². The van der Waals surface area contributed by atoms with Crippen molar-refractivity contribution in [2.75, 3.05) is 0 Å². The molecule has 9 heteroatoms. The molecule has 0 saturated carbocycles. The molecule has 3 aromatic heterocycles. The topological polar surface area (TPSA) is 121 Å². The van der Waals surface area contributed by atoms with Gasteiger partial charge in [0.25, 0.3) is 5.91 Å². The van der Waals surface area contributed by atoms with Gasteiger partial charge < -0.3 is 14.9 Å². The van der Waals surface area contributed by atoms with E-state index in [9.17, 15) is 9.59 Å².